The van der Waals surface area contributed by atoms with E-state index in [2.05, 4.69) is 0 Å². The second-order valence-electron chi connectivity index (χ2n) is 7.73. The predicted molar refractivity (Wildman–Crippen MR) is 105 cm³/mol. The highest BCUT2D eigenvalue weighted by Gasteiger charge is 2.57. The molecule has 0 radical (unpaired) electrons. The lowest BCUT2D eigenvalue weighted by Gasteiger charge is -2.25. The summed E-state index contributed by atoms with van der Waals surface area (Å²) in [6.45, 7) is 4.30. The van der Waals surface area contributed by atoms with Gasteiger partial charge in [0.2, 0.25) is 0 Å². The van der Waals surface area contributed by atoms with Crippen molar-refractivity contribution in [2.45, 2.75) is 57.5 Å². The molecule has 2 aromatic rings. The number of Topliss-reactive ketones (excluding diaryl/α,β-unsaturated/α-hetero) is 1. The third-order valence-electron chi connectivity index (χ3n) is 4.95. The van der Waals surface area contributed by atoms with Gasteiger partial charge in [0.25, 0.3) is 0 Å². The molecule has 2 aliphatic heterocycles. The normalized spacial score (nSPS) is 27.7. The number of ether oxygens (including phenoxy) is 5. The third-order valence-corrected chi connectivity index (χ3v) is 4.95. The largest absolute Gasteiger partial charge is 0.369 e. The first-order valence-electron chi connectivity index (χ1n) is 9.83. The van der Waals surface area contributed by atoms with Crippen LogP contribution >= 0.6 is 0 Å². The summed E-state index contributed by atoms with van der Waals surface area (Å²) in [5.41, 5.74) is 2.02. The van der Waals surface area contributed by atoms with Crippen LogP contribution in [0.1, 0.15) is 25.0 Å². The van der Waals surface area contributed by atoms with E-state index in [4.69, 9.17) is 23.7 Å². The van der Waals surface area contributed by atoms with Crippen LogP contribution in [0, 0.1) is 0 Å². The molecule has 0 saturated carbocycles. The standard InChI is InChI=1S/C23H26O6/c1-23(2)28-21-20(26-14-17-11-7-4-8-12-17)19(27-22(21)29-23)18(24)15-25-13-16-9-5-3-6-10-16/h3-12,19-22H,13-15H2,1-2H3/t19-,20-,21+,22+/m1/s1. The summed E-state index contributed by atoms with van der Waals surface area (Å²) in [4.78, 5) is 12.8. The molecule has 4 atom stereocenters. The number of fused-ring (bicyclic) bond motifs is 1. The van der Waals surface area contributed by atoms with Crippen LogP contribution in [0.3, 0.4) is 0 Å². The topological polar surface area (TPSA) is 63.2 Å². The minimum Gasteiger partial charge on any atom is -0.369 e. The average Bonchev–Trinajstić information content (AvgIpc) is 3.19. The summed E-state index contributed by atoms with van der Waals surface area (Å²) in [5.74, 6) is -0.958. The number of carbonyl (C=O) groups is 1. The Morgan fingerprint density at radius 1 is 0.931 bits per heavy atom. The van der Waals surface area contributed by atoms with Crippen molar-refractivity contribution >= 4 is 5.78 Å². The average molecular weight is 398 g/mol. The molecule has 6 heteroatoms. The zero-order valence-electron chi connectivity index (χ0n) is 16.7. The third kappa shape index (κ3) is 4.91. The van der Waals surface area contributed by atoms with Crippen molar-refractivity contribution in [2.24, 2.45) is 0 Å². The first-order valence-corrected chi connectivity index (χ1v) is 9.83. The van der Waals surface area contributed by atoms with Gasteiger partial charge in [0, 0.05) is 0 Å². The molecule has 0 N–H and O–H groups in total. The van der Waals surface area contributed by atoms with E-state index in [0.717, 1.165) is 11.1 Å². The highest BCUT2D eigenvalue weighted by Crippen LogP contribution is 2.39. The van der Waals surface area contributed by atoms with Gasteiger partial charge < -0.3 is 23.7 Å². The second-order valence-corrected chi connectivity index (χ2v) is 7.73. The van der Waals surface area contributed by atoms with Gasteiger partial charge in [-0.05, 0) is 25.0 Å². The van der Waals surface area contributed by atoms with Crippen LogP contribution in [0.15, 0.2) is 60.7 Å². The van der Waals surface area contributed by atoms with Crippen molar-refractivity contribution in [3.05, 3.63) is 71.8 Å². The highest BCUT2D eigenvalue weighted by molar-refractivity contribution is 5.85. The van der Waals surface area contributed by atoms with Crippen molar-refractivity contribution in [1.29, 1.82) is 0 Å². The Morgan fingerprint density at radius 2 is 1.55 bits per heavy atom. The van der Waals surface area contributed by atoms with Gasteiger partial charge in [0.15, 0.2) is 24.0 Å². The maximum atomic E-state index is 12.8. The quantitative estimate of drug-likeness (QED) is 0.680. The van der Waals surface area contributed by atoms with Gasteiger partial charge in [-0.25, -0.2) is 0 Å². The number of hydrogen-bond donors (Lipinski definition) is 0. The molecule has 2 heterocycles. The van der Waals surface area contributed by atoms with Gasteiger partial charge in [0.1, 0.15) is 18.8 Å². The fourth-order valence-electron chi connectivity index (χ4n) is 3.61. The van der Waals surface area contributed by atoms with E-state index < -0.39 is 30.4 Å². The van der Waals surface area contributed by atoms with Crippen LogP contribution in [0.5, 0.6) is 0 Å². The van der Waals surface area contributed by atoms with Gasteiger partial charge >= 0.3 is 0 Å². The lowest BCUT2D eigenvalue weighted by molar-refractivity contribution is -0.219. The zero-order chi connectivity index (χ0) is 20.3. The molecule has 0 spiro atoms. The van der Waals surface area contributed by atoms with E-state index in [0.29, 0.717) is 13.2 Å². The van der Waals surface area contributed by atoms with E-state index in [1.807, 2.05) is 74.5 Å². The Balaban J connectivity index is 1.39. The molecule has 2 aliphatic rings. The molecule has 0 aliphatic carbocycles. The maximum Gasteiger partial charge on any atom is 0.190 e. The van der Waals surface area contributed by atoms with Crippen LogP contribution < -0.4 is 0 Å². The molecule has 0 bridgehead atoms. The molecule has 2 aromatic carbocycles. The minimum absolute atomic E-state index is 0.0619. The Labute approximate surface area is 170 Å². The van der Waals surface area contributed by atoms with Gasteiger partial charge in [-0.1, -0.05) is 60.7 Å². The molecule has 6 nitrogen and oxygen atoms in total. The van der Waals surface area contributed by atoms with Crippen LogP contribution in [-0.2, 0) is 41.7 Å². The molecule has 2 saturated heterocycles. The summed E-state index contributed by atoms with van der Waals surface area (Å²) < 4.78 is 29.3. The Hall–Kier alpha value is -2.09. The molecule has 0 amide bonds. The van der Waals surface area contributed by atoms with E-state index in [9.17, 15) is 4.79 Å². The van der Waals surface area contributed by atoms with Gasteiger partial charge in [-0.3, -0.25) is 4.79 Å². The Bertz CT molecular complexity index is 807. The molecule has 0 unspecified atom stereocenters. The summed E-state index contributed by atoms with van der Waals surface area (Å²) >= 11 is 0. The highest BCUT2D eigenvalue weighted by atomic mass is 16.8. The Kier molecular flexibility index (Phi) is 6.08. The molecular formula is C23H26O6. The van der Waals surface area contributed by atoms with Gasteiger partial charge in [-0.2, -0.15) is 0 Å². The van der Waals surface area contributed by atoms with Crippen molar-refractivity contribution in [2.75, 3.05) is 6.61 Å². The molecule has 29 heavy (non-hydrogen) atoms. The molecule has 2 fully saturated rings. The van der Waals surface area contributed by atoms with Gasteiger partial charge in [0.05, 0.1) is 13.2 Å². The smallest absolute Gasteiger partial charge is 0.190 e. The molecule has 4 rings (SSSR count). The SMILES string of the molecule is CC1(C)O[C@@H]2O[C@H](C(=O)COCc3ccccc3)[C@@H](OCc3ccccc3)[C@@H]2O1. The number of ketones is 1. The van der Waals surface area contributed by atoms with Crippen molar-refractivity contribution < 1.29 is 28.5 Å². The first-order chi connectivity index (χ1) is 14.0. The van der Waals surface area contributed by atoms with E-state index in [-0.39, 0.29) is 12.4 Å². The monoisotopic (exact) mass is 398 g/mol. The molecule has 0 aromatic heterocycles. The number of carbonyl (C=O) groups excluding carboxylic acids is 1. The summed E-state index contributed by atoms with van der Waals surface area (Å²) in [7, 11) is 0. The maximum absolute atomic E-state index is 12.8. The fourth-order valence-corrected chi connectivity index (χ4v) is 3.61. The number of benzene rings is 2. The van der Waals surface area contributed by atoms with Crippen LogP contribution in [-0.4, -0.2) is 42.8 Å². The summed E-state index contributed by atoms with van der Waals surface area (Å²) in [6, 6.07) is 19.5. The lowest BCUT2D eigenvalue weighted by atomic mass is 10.1. The molecule has 154 valence electrons. The fraction of sp³-hybridized carbons (Fsp3) is 0.435. The van der Waals surface area contributed by atoms with E-state index >= 15 is 0 Å². The zero-order valence-corrected chi connectivity index (χ0v) is 16.7. The van der Waals surface area contributed by atoms with Crippen LogP contribution in [0.4, 0.5) is 0 Å². The minimum atomic E-state index is -0.791. The van der Waals surface area contributed by atoms with Crippen LogP contribution in [0.2, 0.25) is 0 Å². The predicted octanol–water partition coefficient (Wildman–Crippen LogP) is 3.23. The van der Waals surface area contributed by atoms with Crippen LogP contribution in [0.25, 0.3) is 0 Å². The van der Waals surface area contributed by atoms with Gasteiger partial charge in [-0.15, -0.1) is 0 Å². The number of hydrogen-bond acceptors (Lipinski definition) is 6. The summed E-state index contributed by atoms with van der Waals surface area (Å²) in [5, 5.41) is 0. The lowest BCUT2D eigenvalue weighted by Crippen LogP contribution is -2.42. The van der Waals surface area contributed by atoms with Crippen molar-refractivity contribution in [3.8, 4) is 0 Å². The Morgan fingerprint density at radius 3 is 2.21 bits per heavy atom. The van der Waals surface area contributed by atoms with Crippen molar-refractivity contribution in [1.82, 2.24) is 0 Å². The summed E-state index contributed by atoms with van der Waals surface area (Å²) in [6.07, 6.45) is -2.44. The van der Waals surface area contributed by atoms with E-state index in [1.54, 1.807) is 0 Å². The second kappa shape index (κ2) is 8.73. The number of rotatable bonds is 8. The first kappa shape index (κ1) is 20.2. The van der Waals surface area contributed by atoms with E-state index in [1.165, 1.54) is 0 Å². The molecular weight excluding hydrogens is 372 g/mol. The van der Waals surface area contributed by atoms with Crippen molar-refractivity contribution in [3.63, 3.8) is 0 Å².